The Morgan fingerprint density at radius 1 is 1.07 bits per heavy atom. The molecule has 4 rings (SSSR count). The first kappa shape index (κ1) is 34.0. The summed E-state index contributed by atoms with van der Waals surface area (Å²) < 4.78 is 21.0. The van der Waals surface area contributed by atoms with Gasteiger partial charge in [0.25, 0.3) is 5.91 Å². The molecule has 2 aromatic heterocycles. The summed E-state index contributed by atoms with van der Waals surface area (Å²) in [6.07, 6.45) is -0.252. The van der Waals surface area contributed by atoms with E-state index < -0.39 is 30.4 Å². The first-order valence-corrected chi connectivity index (χ1v) is 13.6. The number of benzene rings is 2. The van der Waals surface area contributed by atoms with Gasteiger partial charge in [0.05, 0.1) is 18.8 Å². The molecule has 9 nitrogen and oxygen atoms in total. The number of nitrogens with zero attached hydrogens (tertiary/aromatic N) is 2. The van der Waals surface area contributed by atoms with E-state index in [9.17, 15) is 29.3 Å². The number of hydrogen-bond acceptors (Lipinski definition) is 7. The number of amides is 1. The standard InChI is InChI=1S/C32H34FN3O6.Na/c1-19(2)36-27(14-13-25(37)16-26(38)17-28(39)40)29(22-9-11-23(33)12-10-22)30(21-7-5-4-6-8-21)31(36)32(41)34-18-24-15-20(3)42-35-24;/h4-15,19,25-26,37-38H,16-18H2,1-3H3,(H,34,41)(H,39,40);/q;+1/p-1/b14-13+;/t25-,26-;/m1./s1. The maximum absolute atomic E-state index is 14.0. The largest absolute Gasteiger partial charge is 1.00 e. The van der Waals surface area contributed by atoms with Crippen LogP contribution in [0.4, 0.5) is 4.39 Å². The molecule has 2 heterocycles. The third kappa shape index (κ3) is 8.52. The van der Waals surface area contributed by atoms with E-state index in [1.54, 1.807) is 31.2 Å². The van der Waals surface area contributed by atoms with Crippen molar-refractivity contribution in [2.75, 3.05) is 0 Å². The van der Waals surface area contributed by atoms with Crippen molar-refractivity contribution in [2.45, 2.75) is 58.4 Å². The van der Waals surface area contributed by atoms with Gasteiger partial charge in [-0.1, -0.05) is 53.7 Å². The van der Waals surface area contributed by atoms with Gasteiger partial charge in [-0.05, 0) is 50.1 Å². The van der Waals surface area contributed by atoms with Crippen molar-refractivity contribution < 1.29 is 63.4 Å². The number of carboxylic acids is 1. The quantitative estimate of drug-likeness (QED) is 0.207. The Hall–Kier alpha value is -3.54. The second kappa shape index (κ2) is 15.3. The van der Waals surface area contributed by atoms with E-state index in [0.29, 0.717) is 39.5 Å². The van der Waals surface area contributed by atoms with Crippen molar-refractivity contribution in [3.63, 3.8) is 0 Å². The van der Waals surface area contributed by atoms with Crippen LogP contribution in [0.15, 0.2) is 71.3 Å². The zero-order valence-corrected chi connectivity index (χ0v) is 26.6. The molecule has 0 radical (unpaired) electrons. The van der Waals surface area contributed by atoms with Gasteiger partial charge in [-0.25, -0.2) is 4.39 Å². The van der Waals surface area contributed by atoms with Crippen molar-refractivity contribution in [1.29, 1.82) is 0 Å². The van der Waals surface area contributed by atoms with Gasteiger partial charge < -0.3 is 34.5 Å². The number of nitrogens with one attached hydrogen (secondary N) is 1. The number of halogens is 1. The van der Waals surface area contributed by atoms with E-state index in [-0.39, 0.29) is 54.5 Å². The van der Waals surface area contributed by atoms with Gasteiger partial charge in [-0.2, -0.15) is 0 Å². The molecule has 11 heteroatoms. The zero-order valence-electron chi connectivity index (χ0n) is 24.6. The van der Waals surface area contributed by atoms with E-state index in [4.69, 9.17) is 4.52 Å². The summed E-state index contributed by atoms with van der Waals surface area (Å²) in [5.41, 5.74) is 4.10. The summed E-state index contributed by atoms with van der Waals surface area (Å²) in [6.45, 7) is 5.71. The molecule has 0 saturated carbocycles. The molecule has 0 fully saturated rings. The molecule has 0 spiro atoms. The van der Waals surface area contributed by atoms with Crippen LogP contribution in [-0.2, 0) is 11.3 Å². The van der Waals surface area contributed by atoms with Crippen LogP contribution in [0, 0.1) is 12.7 Å². The van der Waals surface area contributed by atoms with Gasteiger partial charge in [0.2, 0.25) is 0 Å². The number of carbonyl (C=O) groups excluding carboxylic acids is 2. The molecule has 0 aliphatic heterocycles. The van der Waals surface area contributed by atoms with E-state index in [0.717, 1.165) is 5.56 Å². The summed E-state index contributed by atoms with van der Waals surface area (Å²) in [4.78, 5) is 24.8. The Morgan fingerprint density at radius 2 is 1.72 bits per heavy atom. The number of carboxylic acid groups (broad SMARTS) is 1. The Balaban J connectivity index is 0.00000506. The van der Waals surface area contributed by atoms with Crippen molar-refractivity contribution >= 4 is 18.0 Å². The molecule has 2 atom stereocenters. The average Bonchev–Trinajstić information content (AvgIpc) is 3.52. The number of aryl methyl sites for hydroxylation is 1. The fourth-order valence-electron chi connectivity index (χ4n) is 4.92. The molecule has 220 valence electrons. The zero-order chi connectivity index (χ0) is 30.4. The number of carbonyl (C=O) groups is 2. The van der Waals surface area contributed by atoms with Crippen LogP contribution in [0.5, 0.6) is 0 Å². The maximum Gasteiger partial charge on any atom is 1.00 e. The van der Waals surface area contributed by atoms with Crippen LogP contribution in [0.2, 0.25) is 0 Å². The van der Waals surface area contributed by atoms with E-state index in [1.165, 1.54) is 18.2 Å². The Labute approximate surface area is 271 Å². The van der Waals surface area contributed by atoms with Gasteiger partial charge in [0.15, 0.2) is 0 Å². The minimum absolute atomic E-state index is 0. The average molecular weight is 598 g/mol. The molecule has 0 saturated heterocycles. The summed E-state index contributed by atoms with van der Waals surface area (Å²) in [5, 5.41) is 38.4. The third-order valence-corrected chi connectivity index (χ3v) is 6.67. The predicted molar refractivity (Wildman–Crippen MR) is 153 cm³/mol. The summed E-state index contributed by atoms with van der Waals surface area (Å²) in [5.74, 6) is -1.60. The topological polar surface area (TPSA) is 141 Å². The normalized spacial score (nSPS) is 12.7. The minimum Gasteiger partial charge on any atom is -0.550 e. The molecule has 0 bridgehead atoms. The Bertz CT molecular complexity index is 1560. The molecular formula is C32H33FN3NaO6. The van der Waals surface area contributed by atoms with Gasteiger partial charge in [-0.15, -0.1) is 0 Å². The number of aliphatic carboxylic acids is 1. The summed E-state index contributed by atoms with van der Waals surface area (Å²) >= 11 is 0. The number of rotatable bonds is 12. The van der Waals surface area contributed by atoms with Gasteiger partial charge >= 0.3 is 29.6 Å². The molecular weight excluding hydrogens is 564 g/mol. The molecule has 0 unspecified atom stereocenters. The monoisotopic (exact) mass is 597 g/mol. The SMILES string of the molecule is Cc1cc(CNC(=O)c2c(-c3ccccc3)c(-c3ccc(F)cc3)c(/C=C/[C@@H](O)C[C@@H](O)CC(=O)[O-])n2C(C)C)no1.[Na+]. The van der Waals surface area contributed by atoms with Gasteiger partial charge in [-0.3, -0.25) is 4.79 Å². The maximum atomic E-state index is 14.0. The smallest absolute Gasteiger partial charge is 0.550 e. The van der Waals surface area contributed by atoms with Crippen molar-refractivity contribution in [2.24, 2.45) is 0 Å². The Morgan fingerprint density at radius 3 is 2.30 bits per heavy atom. The van der Waals surface area contributed by atoms with Crippen LogP contribution in [0.3, 0.4) is 0 Å². The molecule has 0 aliphatic rings. The fourth-order valence-corrected chi connectivity index (χ4v) is 4.92. The fraction of sp³-hybridized carbons (Fsp3) is 0.281. The minimum atomic E-state index is -1.42. The van der Waals surface area contributed by atoms with Crippen LogP contribution in [0.1, 0.15) is 60.4 Å². The molecule has 4 aromatic rings. The van der Waals surface area contributed by atoms with Crippen molar-refractivity contribution in [3.05, 3.63) is 95.4 Å². The first-order valence-electron chi connectivity index (χ1n) is 13.6. The van der Waals surface area contributed by atoms with Crippen LogP contribution in [-0.4, -0.2) is 44.0 Å². The Kier molecular flexibility index (Phi) is 12.1. The molecule has 1 amide bonds. The third-order valence-electron chi connectivity index (χ3n) is 6.67. The summed E-state index contributed by atoms with van der Waals surface area (Å²) in [6, 6.07) is 16.7. The van der Waals surface area contributed by atoms with Crippen LogP contribution in [0.25, 0.3) is 28.3 Å². The second-order valence-electron chi connectivity index (χ2n) is 10.3. The first-order chi connectivity index (χ1) is 20.0. The van der Waals surface area contributed by atoms with Crippen LogP contribution >= 0.6 is 0 Å². The predicted octanol–water partition coefficient (Wildman–Crippen LogP) is 1.04. The van der Waals surface area contributed by atoms with Crippen molar-refractivity contribution in [1.82, 2.24) is 15.0 Å². The number of hydrogen-bond donors (Lipinski definition) is 3. The van der Waals surface area contributed by atoms with Crippen molar-refractivity contribution in [3.8, 4) is 22.3 Å². The second-order valence-corrected chi connectivity index (χ2v) is 10.3. The van der Waals surface area contributed by atoms with E-state index in [2.05, 4.69) is 10.5 Å². The van der Waals surface area contributed by atoms with Crippen LogP contribution < -0.4 is 40.0 Å². The van der Waals surface area contributed by atoms with Gasteiger partial charge in [0, 0.05) is 47.7 Å². The molecule has 2 aromatic carbocycles. The van der Waals surface area contributed by atoms with E-state index in [1.807, 2.05) is 48.7 Å². The molecule has 3 N–H and O–H groups in total. The number of aromatic nitrogens is 2. The molecule has 43 heavy (non-hydrogen) atoms. The number of aliphatic hydroxyl groups is 2. The summed E-state index contributed by atoms with van der Waals surface area (Å²) in [7, 11) is 0. The van der Waals surface area contributed by atoms with E-state index >= 15 is 0 Å². The van der Waals surface area contributed by atoms with Gasteiger partial charge in [0.1, 0.15) is 23.0 Å². The number of aliphatic hydroxyl groups excluding tert-OH is 2. The molecule has 0 aliphatic carbocycles.